The Morgan fingerprint density at radius 2 is 1.79 bits per heavy atom. The van der Waals surface area contributed by atoms with Crippen LogP contribution in [0.2, 0.25) is 0 Å². The molecule has 2 N–H and O–H groups in total. The van der Waals surface area contributed by atoms with Gasteiger partial charge in [-0.15, -0.1) is 10.2 Å². The summed E-state index contributed by atoms with van der Waals surface area (Å²) in [5, 5.41) is 22.3. The van der Waals surface area contributed by atoms with Crippen LogP contribution in [0.15, 0.2) is 76.4 Å². The maximum atomic E-state index is 12.6. The number of anilines is 1. The Balaban J connectivity index is 1.45. The first kappa shape index (κ1) is 18.1. The SMILES string of the molecule is C[C@H](Sc1nnc(-c2ccc(O)cc2)o1)C(=O)Nc1cccc2ccccc12. The first-order valence-corrected chi connectivity index (χ1v) is 9.56. The minimum atomic E-state index is -0.424. The number of carbonyl (C=O) groups excluding carboxylic acids is 1. The van der Waals surface area contributed by atoms with E-state index in [4.69, 9.17) is 4.42 Å². The van der Waals surface area contributed by atoms with Gasteiger partial charge in [-0.3, -0.25) is 4.79 Å². The number of hydrogen-bond donors (Lipinski definition) is 2. The second-order valence-corrected chi connectivity index (χ2v) is 7.49. The maximum Gasteiger partial charge on any atom is 0.277 e. The Morgan fingerprint density at radius 3 is 2.61 bits per heavy atom. The van der Waals surface area contributed by atoms with Crippen LogP contribution in [0, 0.1) is 0 Å². The van der Waals surface area contributed by atoms with Crippen LogP contribution in [0.5, 0.6) is 5.75 Å². The second kappa shape index (κ2) is 7.74. The minimum Gasteiger partial charge on any atom is -0.508 e. The van der Waals surface area contributed by atoms with Crippen molar-refractivity contribution in [3.05, 3.63) is 66.7 Å². The summed E-state index contributed by atoms with van der Waals surface area (Å²) in [5.74, 6) is 0.353. The van der Waals surface area contributed by atoms with E-state index >= 15 is 0 Å². The molecule has 0 unspecified atom stereocenters. The molecule has 1 amide bonds. The number of nitrogens with zero attached hydrogens (tertiary/aromatic N) is 2. The largest absolute Gasteiger partial charge is 0.508 e. The summed E-state index contributed by atoms with van der Waals surface area (Å²) in [6.45, 7) is 1.79. The standard InChI is InChI=1S/C21H17N3O3S/c1-13(19(26)22-18-8-4-6-14-5-2-3-7-17(14)18)28-21-24-23-20(27-21)15-9-11-16(25)12-10-15/h2-13,25H,1H3,(H,22,26)/t13-/m0/s1. The molecular formula is C21H17N3O3S. The van der Waals surface area contributed by atoms with Gasteiger partial charge in [0.25, 0.3) is 5.22 Å². The molecule has 0 radical (unpaired) electrons. The number of carbonyl (C=O) groups is 1. The molecule has 0 aliphatic heterocycles. The molecule has 3 aromatic carbocycles. The monoisotopic (exact) mass is 391 g/mol. The van der Waals surface area contributed by atoms with E-state index in [1.165, 1.54) is 11.8 Å². The quantitative estimate of drug-likeness (QED) is 0.479. The summed E-state index contributed by atoms with van der Waals surface area (Å²) in [6, 6.07) is 20.2. The summed E-state index contributed by atoms with van der Waals surface area (Å²) in [5.41, 5.74) is 1.47. The lowest BCUT2D eigenvalue weighted by atomic mass is 10.1. The van der Waals surface area contributed by atoms with Gasteiger partial charge in [-0.1, -0.05) is 48.2 Å². The molecule has 1 atom stereocenters. The van der Waals surface area contributed by atoms with Crippen molar-refractivity contribution < 1.29 is 14.3 Å². The van der Waals surface area contributed by atoms with Crippen molar-refractivity contribution in [1.82, 2.24) is 10.2 Å². The highest BCUT2D eigenvalue weighted by Crippen LogP contribution is 2.28. The predicted octanol–water partition coefficient (Wildman–Crippen LogP) is 4.71. The number of phenols is 1. The van der Waals surface area contributed by atoms with Crippen LogP contribution in [0.25, 0.3) is 22.2 Å². The van der Waals surface area contributed by atoms with Gasteiger partial charge in [0.05, 0.1) is 5.25 Å². The average Bonchev–Trinajstić information content (AvgIpc) is 3.17. The third kappa shape index (κ3) is 3.84. The van der Waals surface area contributed by atoms with Crippen molar-refractivity contribution in [2.75, 3.05) is 5.32 Å². The van der Waals surface area contributed by atoms with Crippen LogP contribution in [0.4, 0.5) is 5.69 Å². The van der Waals surface area contributed by atoms with Gasteiger partial charge in [0.2, 0.25) is 11.8 Å². The fourth-order valence-electron chi connectivity index (χ4n) is 2.75. The van der Waals surface area contributed by atoms with Crippen molar-refractivity contribution in [3.63, 3.8) is 0 Å². The third-order valence-electron chi connectivity index (χ3n) is 4.22. The number of aromatic hydroxyl groups is 1. The fourth-order valence-corrected chi connectivity index (χ4v) is 3.44. The smallest absolute Gasteiger partial charge is 0.277 e. The number of hydrogen-bond acceptors (Lipinski definition) is 6. The van der Waals surface area contributed by atoms with Crippen LogP contribution in [0.3, 0.4) is 0 Å². The van der Waals surface area contributed by atoms with E-state index in [2.05, 4.69) is 15.5 Å². The number of rotatable bonds is 5. The average molecular weight is 391 g/mol. The van der Waals surface area contributed by atoms with Gasteiger partial charge in [-0.2, -0.15) is 0 Å². The van der Waals surface area contributed by atoms with Crippen LogP contribution in [-0.2, 0) is 4.79 Å². The molecule has 6 nitrogen and oxygen atoms in total. The van der Waals surface area contributed by atoms with E-state index in [1.807, 2.05) is 42.5 Å². The fraction of sp³-hybridized carbons (Fsp3) is 0.0952. The molecule has 4 rings (SSSR count). The van der Waals surface area contributed by atoms with Gasteiger partial charge < -0.3 is 14.8 Å². The van der Waals surface area contributed by atoms with Crippen molar-refractivity contribution >= 4 is 34.1 Å². The number of fused-ring (bicyclic) bond motifs is 1. The van der Waals surface area contributed by atoms with Crippen molar-refractivity contribution in [2.45, 2.75) is 17.4 Å². The number of benzene rings is 3. The van der Waals surface area contributed by atoms with Crippen molar-refractivity contribution in [2.24, 2.45) is 0 Å². The van der Waals surface area contributed by atoms with Crippen LogP contribution in [0.1, 0.15) is 6.92 Å². The predicted molar refractivity (Wildman–Crippen MR) is 109 cm³/mol. The van der Waals surface area contributed by atoms with E-state index in [0.29, 0.717) is 16.7 Å². The number of phenolic OH excluding ortho intramolecular Hbond substituents is 1. The van der Waals surface area contributed by atoms with Gasteiger partial charge in [-0.25, -0.2) is 0 Å². The Bertz CT molecular complexity index is 1120. The Morgan fingerprint density at radius 1 is 1.04 bits per heavy atom. The molecule has 0 fully saturated rings. The molecule has 0 aliphatic carbocycles. The summed E-state index contributed by atoms with van der Waals surface area (Å²) in [4.78, 5) is 12.6. The van der Waals surface area contributed by atoms with Gasteiger partial charge in [0, 0.05) is 16.6 Å². The summed E-state index contributed by atoms with van der Waals surface area (Å²) in [6.07, 6.45) is 0. The maximum absolute atomic E-state index is 12.6. The first-order chi connectivity index (χ1) is 13.6. The molecule has 0 bridgehead atoms. The zero-order valence-corrected chi connectivity index (χ0v) is 15.8. The van der Waals surface area contributed by atoms with E-state index < -0.39 is 5.25 Å². The number of amides is 1. The summed E-state index contributed by atoms with van der Waals surface area (Å²) in [7, 11) is 0. The number of thioether (sulfide) groups is 1. The van der Waals surface area contributed by atoms with Crippen LogP contribution < -0.4 is 5.32 Å². The van der Waals surface area contributed by atoms with Crippen molar-refractivity contribution in [1.29, 1.82) is 0 Å². The minimum absolute atomic E-state index is 0.147. The molecule has 1 heterocycles. The molecular weight excluding hydrogens is 374 g/mol. The lowest BCUT2D eigenvalue weighted by Crippen LogP contribution is -2.22. The Kier molecular flexibility index (Phi) is 4.99. The van der Waals surface area contributed by atoms with Gasteiger partial charge in [0.15, 0.2) is 0 Å². The zero-order valence-electron chi connectivity index (χ0n) is 15.0. The van der Waals surface area contributed by atoms with Gasteiger partial charge in [-0.05, 0) is 42.6 Å². The summed E-state index contributed by atoms with van der Waals surface area (Å²) >= 11 is 1.19. The third-order valence-corrected chi connectivity index (χ3v) is 5.15. The normalized spacial score (nSPS) is 12.0. The van der Waals surface area contributed by atoms with Crippen LogP contribution in [-0.4, -0.2) is 26.5 Å². The molecule has 0 spiro atoms. The topological polar surface area (TPSA) is 88.2 Å². The highest BCUT2D eigenvalue weighted by atomic mass is 32.2. The second-order valence-electron chi connectivity index (χ2n) is 6.20. The van der Waals surface area contributed by atoms with E-state index in [9.17, 15) is 9.90 Å². The van der Waals surface area contributed by atoms with E-state index in [1.54, 1.807) is 31.2 Å². The van der Waals surface area contributed by atoms with Crippen LogP contribution >= 0.6 is 11.8 Å². The van der Waals surface area contributed by atoms with E-state index in [-0.39, 0.29) is 11.7 Å². The lowest BCUT2D eigenvalue weighted by molar-refractivity contribution is -0.115. The van der Waals surface area contributed by atoms with Gasteiger partial charge >= 0.3 is 0 Å². The Labute approximate surface area is 165 Å². The number of nitrogens with one attached hydrogen (secondary N) is 1. The first-order valence-electron chi connectivity index (χ1n) is 8.68. The summed E-state index contributed by atoms with van der Waals surface area (Å²) < 4.78 is 5.63. The number of aromatic nitrogens is 2. The molecule has 7 heteroatoms. The molecule has 0 saturated heterocycles. The molecule has 0 aliphatic rings. The van der Waals surface area contributed by atoms with E-state index in [0.717, 1.165) is 16.5 Å². The molecule has 1 aromatic heterocycles. The lowest BCUT2D eigenvalue weighted by Gasteiger charge is -2.12. The molecule has 140 valence electrons. The molecule has 28 heavy (non-hydrogen) atoms. The molecule has 0 saturated carbocycles. The highest BCUT2D eigenvalue weighted by Gasteiger charge is 2.19. The highest BCUT2D eigenvalue weighted by molar-refractivity contribution is 8.00. The Hall–Kier alpha value is -3.32. The van der Waals surface area contributed by atoms with Crippen molar-refractivity contribution in [3.8, 4) is 17.2 Å². The van der Waals surface area contributed by atoms with Gasteiger partial charge in [0.1, 0.15) is 5.75 Å². The zero-order chi connectivity index (χ0) is 19.5. The molecule has 4 aromatic rings.